The molecule has 1 nitrogen and oxygen atoms in total. The Labute approximate surface area is 110 Å². The summed E-state index contributed by atoms with van der Waals surface area (Å²) in [5, 5.41) is 3.58. The fraction of sp³-hybridized carbons (Fsp3) is 1.00. The summed E-state index contributed by atoms with van der Waals surface area (Å²) in [7, 11) is 0. The fourth-order valence-corrected chi connectivity index (χ4v) is 3.87. The number of hydrogen-bond donors (Lipinski definition) is 1. The van der Waals surface area contributed by atoms with Crippen LogP contribution in [0, 0.1) is 11.8 Å². The van der Waals surface area contributed by atoms with Crippen LogP contribution in [0.15, 0.2) is 0 Å². The van der Waals surface area contributed by atoms with Crippen LogP contribution in [0.1, 0.15) is 64.7 Å². The zero-order valence-corrected chi connectivity index (χ0v) is 11.6. The quantitative estimate of drug-likeness (QED) is 0.739. The number of halogens is 2. The Balaban J connectivity index is 1.88. The molecule has 0 aromatic heterocycles. The summed E-state index contributed by atoms with van der Waals surface area (Å²) < 4.78 is 26.5. The van der Waals surface area contributed by atoms with Gasteiger partial charge in [-0.05, 0) is 44.1 Å². The van der Waals surface area contributed by atoms with Gasteiger partial charge in [-0.3, -0.25) is 0 Å². The molecule has 0 bridgehead atoms. The van der Waals surface area contributed by atoms with Gasteiger partial charge in [0.1, 0.15) is 0 Å². The van der Waals surface area contributed by atoms with E-state index in [1.54, 1.807) is 0 Å². The largest absolute Gasteiger partial charge is 0.314 e. The molecule has 2 saturated carbocycles. The van der Waals surface area contributed by atoms with Crippen molar-refractivity contribution in [1.82, 2.24) is 5.32 Å². The van der Waals surface area contributed by atoms with Gasteiger partial charge in [0.15, 0.2) is 0 Å². The lowest BCUT2D eigenvalue weighted by Gasteiger charge is -2.28. The smallest absolute Gasteiger partial charge is 0.248 e. The first kappa shape index (κ1) is 14.2. The summed E-state index contributed by atoms with van der Waals surface area (Å²) in [5.74, 6) is -1.47. The number of nitrogens with one attached hydrogen (secondary N) is 1. The van der Waals surface area contributed by atoms with Crippen LogP contribution < -0.4 is 5.32 Å². The normalized spacial score (nSPS) is 36.5. The second-order valence-corrected chi connectivity index (χ2v) is 6.26. The molecule has 2 fully saturated rings. The summed E-state index contributed by atoms with van der Waals surface area (Å²) in [6.07, 6.45) is 8.40. The summed E-state index contributed by atoms with van der Waals surface area (Å²) in [6.45, 7) is 3.15. The number of hydrogen-bond acceptors (Lipinski definition) is 1. The summed E-state index contributed by atoms with van der Waals surface area (Å²) >= 11 is 0. The zero-order valence-electron chi connectivity index (χ0n) is 11.6. The molecule has 3 heteroatoms. The minimum absolute atomic E-state index is 0.121. The van der Waals surface area contributed by atoms with E-state index in [1.165, 1.54) is 32.1 Å². The minimum Gasteiger partial charge on any atom is -0.314 e. The third kappa shape index (κ3) is 3.91. The van der Waals surface area contributed by atoms with E-state index in [-0.39, 0.29) is 18.8 Å². The van der Waals surface area contributed by atoms with Crippen molar-refractivity contribution in [3.8, 4) is 0 Å². The third-order valence-corrected chi connectivity index (χ3v) is 4.77. The monoisotopic (exact) mass is 259 g/mol. The standard InChI is InChI=1S/C15H27F2N/c1-2-18-14-7-5-3-4-6-13(14)10-12-8-9-15(16,17)11-12/h12-14,18H,2-11H2,1H3. The Bertz CT molecular complexity index is 255. The van der Waals surface area contributed by atoms with Crippen LogP contribution in [0.2, 0.25) is 0 Å². The first-order chi connectivity index (χ1) is 8.61. The van der Waals surface area contributed by atoms with Gasteiger partial charge in [0.25, 0.3) is 0 Å². The van der Waals surface area contributed by atoms with E-state index in [0.717, 1.165) is 19.4 Å². The van der Waals surface area contributed by atoms with Crippen LogP contribution in [0.5, 0.6) is 0 Å². The van der Waals surface area contributed by atoms with Crippen LogP contribution in [0.4, 0.5) is 8.78 Å². The lowest BCUT2D eigenvalue weighted by atomic mass is 9.85. The lowest BCUT2D eigenvalue weighted by molar-refractivity contribution is 0.00371. The highest BCUT2D eigenvalue weighted by Crippen LogP contribution is 2.43. The molecule has 18 heavy (non-hydrogen) atoms. The lowest BCUT2D eigenvalue weighted by Crippen LogP contribution is -2.36. The van der Waals surface area contributed by atoms with Crippen molar-refractivity contribution in [3.63, 3.8) is 0 Å². The van der Waals surface area contributed by atoms with E-state index in [1.807, 2.05) is 0 Å². The van der Waals surface area contributed by atoms with Crippen molar-refractivity contribution in [1.29, 1.82) is 0 Å². The summed E-state index contributed by atoms with van der Waals surface area (Å²) in [6, 6.07) is 0.576. The maximum absolute atomic E-state index is 13.3. The van der Waals surface area contributed by atoms with Crippen molar-refractivity contribution in [2.75, 3.05) is 6.54 Å². The maximum atomic E-state index is 13.3. The molecule has 0 aromatic carbocycles. The van der Waals surface area contributed by atoms with Crippen molar-refractivity contribution in [2.24, 2.45) is 11.8 Å². The Morgan fingerprint density at radius 2 is 1.89 bits per heavy atom. The first-order valence-electron chi connectivity index (χ1n) is 7.72. The predicted molar refractivity (Wildman–Crippen MR) is 70.9 cm³/mol. The maximum Gasteiger partial charge on any atom is 0.248 e. The molecule has 0 aromatic rings. The Morgan fingerprint density at radius 3 is 2.56 bits per heavy atom. The van der Waals surface area contributed by atoms with Crippen LogP contribution in [0.3, 0.4) is 0 Å². The second kappa shape index (κ2) is 6.31. The molecule has 1 N–H and O–H groups in total. The molecule has 3 atom stereocenters. The predicted octanol–water partition coefficient (Wildman–Crippen LogP) is 4.37. The third-order valence-electron chi connectivity index (χ3n) is 4.77. The molecule has 2 aliphatic carbocycles. The Kier molecular flexibility index (Phi) is 4.99. The van der Waals surface area contributed by atoms with Crippen molar-refractivity contribution in [3.05, 3.63) is 0 Å². The topological polar surface area (TPSA) is 12.0 Å². The Hall–Kier alpha value is -0.180. The van der Waals surface area contributed by atoms with Gasteiger partial charge >= 0.3 is 0 Å². The molecule has 2 aliphatic rings. The molecule has 0 spiro atoms. The van der Waals surface area contributed by atoms with E-state index >= 15 is 0 Å². The van der Waals surface area contributed by atoms with Crippen LogP contribution in [0.25, 0.3) is 0 Å². The van der Waals surface area contributed by atoms with Crippen molar-refractivity contribution in [2.45, 2.75) is 76.7 Å². The number of alkyl halides is 2. The van der Waals surface area contributed by atoms with Crippen LogP contribution in [-0.4, -0.2) is 18.5 Å². The van der Waals surface area contributed by atoms with Gasteiger partial charge in [-0.15, -0.1) is 0 Å². The molecule has 2 rings (SSSR count). The fourth-order valence-electron chi connectivity index (χ4n) is 3.87. The highest BCUT2D eigenvalue weighted by Gasteiger charge is 2.40. The van der Waals surface area contributed by atoms with Gasteiger partial charge in [0.2, 0.25) is 5.92 Å². The SMILES string of the molecule is CCNC1CCCCCC1CC1CCC(F)(F)C1. The minimum atomic E-state index is -2.37. The molecule has 0 amide bonds. The molecule has 0 saturated heterocycles. The average Bonchev–Trinajstić information content (AvgIpc) is 2.52. The summed E-state index contributed by atoms with van der Waals surface area (Å²) in [5.41, 5.74) is 0. The van der Waals surface area contributed by atoms with E-state index in [2.05, 4.69) is 12.2 Å². The van der Waals surface area contributed by atoms with Gasteiger partial charge in [-0.2, -0.15) is 0 Å². The van der Waals surface area contributed by atoms with Crippen molar-refractivity contribution < 1.29 is 8.78 Å². The van der Waals surface area contributed by atoms with Gasteiger partial charge < -0.3 is 5.32 Å². The zero-order chi connectivity index (χ0) is 13.0. The highest BCUT2D eigenvalue weighted by molar-refractivity contribution is 4.87. The summed E-state index contributed by atoms with van der Waals surface area (Å²) in [4.78, 5) is 0. The molecule has 0 aliphatic heterocycles. The van der Waals surface area contributed by atoms with Crippen molar-refractivity contribution >= 4 is 0 Å². The van der Waals surface area contributed by atoms with E-state index in [4.69, 9.17) is 0 Å². The molecule has 0 radical (unpaired) electrons. The van der Waals surface area contributed by atoms with E-state index < -0.39 is 5.92 Å². The Morgan fingerprint density at radius 1 is 1.11 bits per heavy atom. The van der Waals surface area contributed by atoms with E-state index in [0.29, 0.717) is 12.0 Å². The number of rotatable bonds is 4. The van der Waals surface area contributed by atoms with Gasteiger partial charge in [-0.25, -0.2) is 8.78 Å². The average molecular weight is 259 g/mol. The van der Waals surface area contributed by atoms with Crippen LogP contribution in [-0.2, 0) is 0 Å². The van der Waals surface area contributed by atoms with Gasteiger partial charge in [0.05, 0.1) is 0 Å². The molecule has 3 unspecified atom stereocenters. The second-order valence-electron chi connectivity index (χ2n) is 6.26. The highest BCUT2D eigenvalue weighted by atomic mass is 19.3. The molecular weight excluding hydrogens is 232 g/mol. The molecule has 106 valence electrons. The van der Waals surface area contributed by atoms with E-state index in [9.17, 15) is 8.78 Å². The first-order valence-corrected chi connectivity index (χ1v) is 7.72. The van der Waals surface area contributed by atoms with Crippen LogP contribution >= 0.6 is 0 Å². The molecule has 0 heterocycles. The van der Waals surface area contributed by atoms with Gasteiger partial charge in [0, 0.05) is 18.9 Å². The van der Waals surface area contributed by atoms with Gasteiger partial charge in [-0.1, -0.05) is 26.2 Å². The molecular formula is C15H27F2N.